The van der Waals surface area contributed by atoms with Gasteiger partial charge in [-0.15, -0.1) is 0 Å². The van der Waals surface area contributed by atoms with E-state index >= 15 is 0 Å². The van der Waals surface area contributed by atoms with Crippen LogP contribution in [-0.4, -0.2) is 17.7 Å². The molecule has 1 aromatic carbocycles. The predicted octanol–water partition coefficient (Wildman–Crippen LogP) is 2.52. The van der Waals surface area contributed by atoms with Crippen LogP contribution in [0.2, 0.25) is 0 Å². The second-order valence-electron chi connectivity index (χ2n) is 5.45. The normalized spacial score (nSPS) is 15.0. The number of hydrogen-bond donors (Lipinski definition) is 2. The molecule has 0 atom stereocenters. The van der Waals surface area contributed by atoms with E-state index in [-0.39, 0.29) is 5.76 Å². The molecule has 24 heavy (non-hydrogen) atoms. The van der Waals surface area contributed by atoms with Gasteiger partial charge in [0, 0.05) is 17.5 Å². The fourth-order valence-electron chi connectivity index (χ4n) is 2.74. The summed E-state index contributed by atoms with van der Waals surface area (Å²) in [4.78, 5) is 23.2. The summed E-state index contributed by atoms with van der Waals surface area (Å²) in [6, 6.07) is 8.05. The Morgan fingerprint density at radius 1 is 1.25 bits per heavy atom. The molecule has 7 heteroatoms. The summed E-state index contributed by atoms with van der Waals surface area (Å²) in [5.41, 5.74) is 9.33. The average molecular weight is 327 g/mol. The van der Waals surface area contributed by atoms with E-state index in [9.17, 15) is 9.59 Å². The fourth-order valence-corrected chi connectivity index (χ4v) is 2.74. The molecule has 0 spiro atoms. The monoisotopic (exact) mass is 327 g/mol. The maximum atomic E-state index is 12.4. The zero-order chi connectivity index (χ0) is 17.1. The molecule has 1 heterocycles. The molecule has 7 nitrogen and oxygen atoms in total. The van der Waals surface area contributed by atoms with Crippen molar-refractivity contribution in [2.24, 2.45) is 10.8 Å². The van der Waals surface area contributed by atoms with Crippen molar-refractivity contribution in [3.63, 3.8) is 0 Å². The topological polar surface area (TPSA) is 107 Å². The number of furan rings is 1. The Bertz CT molecular complexity index is 809. The Hall–Kier alpha value is -3.09. The summed E-state index contributed by atoms with van der Waals surface area (Å²) in [7, 11) is 0. The number of rotatable bonds is 3. The number of urea groups is 1. The van der Waals surface area contributed by atoms with Gasteiger partial charge in [0.25, 0.3) is 0 Å². The second-order valence-corrected chi connectivity index (χ2v) is 5.45. The van der Waals surface area contributed by atoms with E-state index in [2.05, 4.69) is 10.5 Å². The third-order valence-electron chi connectivity index (χ3n) is 3.77. The van der Waals surface area contributed by atoms with Crippen molar-refractivity contribution < 1.29 is 18.7 Å². The number of amides is 2. The van der Waals surface area contributed by atoms with Crippen LogP contribution in [0, 0.1) is 6.92 Å². The van der Waals surface area contributed by atoms with Gasteiger partial charge in [0.1, 0.15) is 11.5 Å². The number of hydrogen-bond acceptors (Lipinski definition) is 5. The molecular formula is C17H17N3O4. The van der Waals surface area contributed by atoms with E-state index in [4.69, 9.17) is 14.9 Å². The average Bonchev–Trinajstić information content (AvgIpc) is 2.91. The summed E-state index contributed by atoms with van der Waals surface area (Å²) >= 11 is 0. The molecular weight excluding hydrogens is 310 g/mol. The smallest absolute Gasteiger partial charge is 0.379 e. The number of hydrazone groups is 1. The number of ether oxygens (including phenoxy) is 1. The summed E-state index contributed by atoms with van der Waals surface area (Å²) in [6.07, 6.45) is 2.18. The highest BCUT2D eigenvalue weighted by Crippen LogP contribution is 2.30. The predicted molar refractivity (Wildman–Crippen MR) is 87.0 cm³/mol. The highest BCUT2D eigenvalue weighted by Gasteiger charge is 2.29. The lowest BCUT2D eigenvalue weighted by atomic mass is 9.93. The van der Waals surface area contributed by atoms with Gasteiger partial charge >= 0.3 is 12.0 Å². The summed E-state index contributed by atoms with van der Waals surface area (Å²) in [5.74, 6) is 0.706. The van der Waals surface area contributed by atoms with E-state index in [0.29, 0.717) is 35.6 Å². The lowest BCUT2D eigenvalue weighted by Crippen LogP contribution is -2.27. The van der Waals surface area contributed by atoms with Crippen molar-refractivity contribution in [3.8, 4) is 5.75 Å². The van der Waals surface area contributed by atoms with Gasteiger partial charge in [0.2, 0.25) is 5.76 Å². The van der Waals surface area contributed by atoms with Gasteiger partial charge in [0.15, 0.2) is 0 Å². The number of benzene rings is 1. The number of esters is 1. The Kier molecular flexibility index (Phi) is 4.33. The van der Waals surface area contributed by atoms with Crippen LogP contribution in [0.3, 0.4) is 0 Å². The molecule has 0 saturated carbocycles. The van der Waals surface area contributed by atoms with Gasteiger partial charge in [-0.3, -0.25) is 0 Å². The molecule has 0 unspecified atom stereocenters. The first-order valence-electron chi connectivity index (χ1n) is 7.58. The lowest BCUT2D eigenvalue weighted by molar-refractivity contribution is 0.0698. The van der Waals surface area contributed by atoms with E-state index in [1.165, 1.54) is 0 Å². The maximum absolute atomic E-state index is 12.4. The number of para-hydroxylation sites is 1. The van der Waals surface area contributed by atoms with Crippen LogP contribution in [0.1, 0.15) is 40.3 Å². The minimum Gasteiger partial charge on any atom is -0.453 e. The molecule has 1 aromatic heterocycles. The second kappa shape index (κ2) is 6.57. The number of aryl methyl sites for hydroxylation is 1. The van der Waals surface area contributed by atoms with Crippen LogP contribution < -0.4 is 15.9 Å². The minimum atomic E-state index is -0.737. The molecule has 0 fully saturated rings. The van der Waals surface area contributed by atoms with Crippen LogP contribution in [0.4, 0.5) is 4.79 Å². The molecule has 2 amide bonds. The van der Waals surface area contributed by atoms with E-state index in [0.717, 1.165) is 12.0 Å². The highest BCUT2D eigenvalue weighted by molar-refractivity contribution is 6.06. The van der Waals surface area contributed by atoms with Crippen LogP contribution in [0.5, 0.6) is 5.75 Å². The first kappa shape index (κ1) is 15.8. The molecule has 1 aliphatic rings. The van der Waals surface area contributed by atoms with E-state index in [1.54, 1.807) is 31.2 Å². The van der Waals surface area contributed by atoms with Crippen molar-refractivity contribution in [1.29, 1.82) is 0 Å². The van der Waals surface area contributed by atoms with Crippen molar-refractivity contribution in [2.45, 2.75) is 26.2 Å². The van der Waals surface area contributed by atoms with Crippen molar-refractivity contribution in [2.75, 3.05) is 0 Å². The van der Waals surface area contributed by atoms with Gasteiger partial charge in [-0.1, -0.05) is 18.2 Å². The number of fused-ring (bicyclic) bond motifs is 1. The lowest BCUT2D eigenvalue weighted by Gasteiger charge is -2.12. The standard InChI is InChI=1S/C17H17N3O4/c1-10-14-12(19-20-17(18)22)8-5-9-13(14)24-15(10)16(21)23-11-6-3-2-4-7-11/h2-4,6-7H,5,8-9H2,1H3,(H3,18,20,22)/b19-12+. The van der Waals surface area contributed by atoms with Crippen molar-refractivity contribution in [1.82, 2.24) is 5.43 Å². The van der Waals surface area contributed by atoms with E-state index < -0.39 is 12.0 Å². The Morgan fingerprint density at radius 3 is 2.71 bits per heavy atom. The Morgan fingerprint density at radius 2 is 2.00 bits per heavy atom. The maximum Gasteiger partial charge on any atom is 0.379 e. The quantitative estimate of drug-likeness (QED) is 0.513. The van der Waals surface area contributed by atoms with Crippen LogP contribution >= 0.6 is 0 Å². The van der Waals surface area contributed by atoms with Gasteiger partial charge in [-0.25, -0.2) is 15.0 Å². The van der Waals surface area contributed by atoms with Crippen molar-refractivity contribution in [3.05, 3.63) is 53.0 Å². The van der Waals surface area contributed by atoms with Gasteiger partial charge in [-0.2, -0.15) is 5.10 Å². The molecule has 1 aliphatic carbocycles. The molecule has 2 aromatic rings. The number of carbonyl (C=O) groups excluding carboxylic acids is 2. The third kappa shape index (κ3) is 3.15. The Balaban J connectivity index is 1.90. The SMILES string of the molecule is Cc1c(C(=O)Oc2ccccc2)oc2c1/C(=N/NC(N)=O)CCC2. The Labute approximate surface area is 138 Å². The first-order valence-corrected chi connectivity index (χ1v) is 7.58. The zero-order valence-corrected chi connectivity index (χ0v) is 13.2. The van der Waals surface area contributed by atoms with Gasteiger partial charge in [0.05, 0.1) is 5.71 Å². The molecule has 0 bridgehead atoms. The van der Waals surface area contributed by atoms with Crippen LogP contribution in [0.15, 0.2) is 39.9 Å². The first-order chi connectivity index (χ1) is 11.6. The zero-order valence-electron chi connectivity index (χ0n) is 13.2. The molecule has 124 valence electrons. The number of carbonyl (C=O) groups is 2. The molecule has 3 rings (SSSR count). The largest absolute Gasteiger partial charge is 0.453 e. The van der Waals surface area contributed by atoms with Crippen LogP contribution in [0.25, 0.3) is 0 Å². The van der Waals surface area contributed by atoms with Gasteiger partial charge in [-0.05, 0) is 31.9 Å². The summed E-state index contributed by atoms with van der Waals surface area (Å²) in [5, 5.41) is 4.02. The fraction of sp³-hybridized carbons (Fsp3) is 0.235. The third-order valence-corrected chi connectivity index (χ3v) is 3.77. The number of nitrogens with two attached hydrogens (primary N) is 1. The van der Waals surface area contributed by atoms with Gasteiger partial charge < -0.3 is 14.9 Å². The molecule has 0 aliphatic heterocycles. The minimum absolute atomic E-state index is 0.150. The molecule has 0 radical (unpaired) electrons. The number of nitrogens with zero attached hydrogens (tertiary/aromatic N) is 1. The number of nitrogens with one attached hydrogen (secondary N) is 1. The molecule has 3 N–H and O–H groups in total. The highest BCUT2D eigenvalue weighted by atomic mass is 16.5. The van der Waals surface area contributed by atoms with Crippen molar-refractivity contribution >= 4 is 17.7 Å². The summed E-state index contributed by atoms with van der Waals surface area (Å²) in [6.45, 7) is 1.77. The van der Waals surface area contributed by atoms with Crippen LogP contribution in [-0.2, 0) is 6.42 Å². The van der Waals surface area contributed by atoms with E-state index in [1.807, 2.05) is 6.07 Å². The number of primary amides is 1. The molecule has 0 saturated heterocycles. The summed E-state index contributed by atoms with van der Waals surface area (Å²) < 4.78 is 11.0.